The summed E-state index contributed by atoms with van der Waals surface area (Å²) in [4.78, 5) is 0. The molecule has 1 nitrogen and oxygen atoms in total. The second-order valence-electron chi connectivity index (χ2n) is 9.21. The summed E-state index contributed by atoms with van der Waals surface area (Å²) in [6.45, 7) is 12.2. The lowest BCUT2D eigenvalue weighted by Gasteiger charge is -2.43. The zero-order valence-electron chi connectivity index (χ0n) is 18.7. The van der Waals surface area contributed by atoms with E-state index in [1.807, 2.05) is 0 Å². The fraction of sp³-hybridized carbons (Fsp3) is 0.481. The van der Waals surface area contributed by atoms with Gasteiger partial charge in [0.1, 0.15) is 0 Å². The summed E-state index contributed by atoms with van der Waals surface area (Å²) in [6.07, 6.45) is 7.01. The third-order valence-electron chi connectivity index (χ3n) is 7.08. The molecule has 0 bridgehead atoms. The lowest BCUT2D eigenvalue weighted by Crippen LogP contribution is -2.33. The maximum Gasteiger partial charge on any atom is 0.0458 e. The molecule has 0 aromatic heterocycles. The highest BCUT2D eigenvalue weighted by atomic mass is 35.5. The Morgan fingerprint density at radius 3 is 2.66 bits per heavy atom. The van der Waals surface area contributed by atoms with E-state index in [2.05, 4.69) is 88.5 Å². The van der Waals surface area contributed by atoms with Gasteiger partial charge in [0.25, 0.3) is 0 Å². The predicted octanol–water partition coefficient (Wildman–Crippen LogP) is 8.28. The Hall–Kier alpha value is -1.73. The van der Waals surface area contributed by atoms with E-state index in [1.165, 1.54) is 41.6 Å². The van der Waals surface area contributed by atoms with Crippen LogP contribution >= 0.6 is 11.6 Å². The van der Waals surface area contributed by atoms with Gasteiger partial charge in [0, 0.05) is 17.3 Å². The quantitative estimate of drug-likeness (QED) is 0.473. The molecule has 0 heterocycles. The van der Waals surface area contributed by atoms with Gasteiger partial charge in [0.2, 0.25) is 0 Å². The van der Waals surface area contributed by atoms with Crippen LogP contribution in [0.2, 0.25) is 5.02 Å². The van der Waals surface area contributed by atoms with E-state index >= 15 is 0 Å². The minimum Gasteiger partial charge on any atom is -0.381 e. The van der Waals surface area contributed by atoms with Crippen molar-refractivity contribution < 1.29 is 0 Å². The van der Waals surface area contributed by atoms with Crippen molar-refractivity contribution in [2.24, 2.45) is 5.92 Å². The first-order valence-corrected chi connectivity index (χ1v) is 11.5. The van der Waals surface area contributed by atoms with Crippen LogP contribution in [0.5, 0.6) is 0 Å². The van der Waals surface area contributed by atoms with Crippen molar-refractivity contribution in [1.82, 2.24) is 0 Å². The lowest BCUT2D eigenvalue weighted by atomic mass is 9.62. The molecule has 3 unspecified atom stereocenters. The summed E-state index contributed by atoms with van der Waals surface area (Å²) in [6, 6.07) is 15.6. The number of anilines is 1. The molecule has 2 aromatic carbocycles. The van der Waals surface area contributed by atoms with Gasteiger partial charge in [0.05, 0.1) is 0 Å². The van der Waals surface area contributed by atoms with E-state index in [4.69, 9.17) is 11.6 Å². The highest BCUT2D eigenvalue weighted by Gasteiger charge is 2.38. The Kier molecular flexibility index (Phi) is 7.11. The van der Waals surface area contributed by atoms with E-state index in [-0.39, 0.29) is 5.41 Å². The third-order valence-corrected chi connectivity index (χ3v) is 7.47. The molecule has 1 saturated carbocycles. The summed E-state index contributed by atoms with van der Waals surface area (Å²) in [5, 5.41) is 4.48. The highest BCUT2D eigenvalue weighted by Crippen LogP contribution is 2.49. The van der Waals surface area contributed by atoms with Crippen molar-refractivity contribution in [1.29, 1.82) is 0 Å². The molecule has 0 aliphatic heterocycles. The topological polar surface area (TPSA) is 12.0 Å². The average molecular weight is 410 g/mol. The normalized spacial score (nSPS) is 25.1. The first-order valence-electron chi connectivity index (χ1n) is 11.1. The molecule has 3 rings (SSSR count). The highest BCUT2D eigenvalue weighted by molar-refractivity contribution is 6.31. The summed E-state index contributed by atoms with van der Waals surface area (Å²) < 4.78 is 0. The average Bonchev–Trinajstić information content (AvgIpc) is 2.73. The van der Waals surface area contributed by atoms with E-state index in [1.54, 1.807) is 0 Å². The first kappa shape index (κ1) is 22.0. The number of halogens is 1. The molecular formula is C27H36ClN. The molecule has 1 fully saturated rings. The Morgan fingerprint density at radius 2 is 1.97 bits per heavy atom. The van der Waals surface area contributed by atoms with Crippen molar-refractivity contribution in [3.8, 4) is 0 Å². The van der Waals surface area contributed by atoms with Crippen LogP contribution in [-0.4, -0.2) is 6.54 Å². The van der Waals surface area contributed by atoms with Crippen LogP contribution in [0.1, 0.15) is 76.0 Å². The van der Waals surface area contributed by atoms with Crippen molar-refractivity contribution >= 4 is 17.3 Å². The number of hydrogen-bond acceptors (Lipinski definition) is 1. The van der Waals surface area contributed by atoms with Crippen LogP contribution in [0.15, 0.2) is 54.1 Å². The number of rotatable bonds is 6. The lowest BCUT2D eigenvalue weighted by molar-refractivity contribution is 0.224. The van der Waals surface area contributed by atoms with Gasteiger partial charge in [-0.3, -0.25) is 0 Å². The second kappa shape index (κ2) is 9.39. The SMILES string of the molecule is CC/C(C)=C\CNc1cc(C2(C)CCC(C)C(c3ccccc3)C2)cc(Cl)c1C. The minimum atomic E-state index is 0.149. The van der Waals surface area contributed by atoms with Gasteiger partial charge < -0.3 is 5.32 Å². The number of hydrogen-bond donors (Lipinski definition) is 1. The largest absolute Gasteiger partial charge is 0.381 e. The van der Waals surface area contributed by atoms with Gasteiger partial charge >= 0.3 is 0 Å². The molecule has 1 aliphatic carbocycles. The monoisotopic (exact) mass is 409 g/mol. The maximum absolute atomic E-state index is 6.70. The molecule has 1 N–H and O–H groups in total. The number of benzene rings is 2. The van der Waals surface area contributed by atoms with E-state index < -0.39 is 0 Å². The third kappa shape index (κ3) is 5.07. The van der Waals surface area contributed by atoms with E-state index in [9.17, 15) is 0 Å². The molecule has 156 valence electrons. The van der Waals surface area contributed by atoms with E-state index in [0.717, 1.165) is 23.6 Å². The minimum absolute atomic E-state index is 0.149. The fourth-order valence-corrected chi connectivity index (χ4v) is 4.85. The van der Waals surface area contributed by atoms with Crippen LogP contribution in [-0.2, 0) is 5.41 Å². The van der Waals surface area contributed by atoms with Crippen molar-refractivity contribution in [2.75, 3.05) is 11.9 Å². The molecule has 0 saturated heterocycles. The van der Waals surface area contributed by atoms with Gasteiger partial charge in [-0.1, -0.05) is 74.4 Å². The molecule has 0 radical (unpaired) electrons. The van der Waals surface area contributed by atoms with Crippen LogP contribution < -0.4 is 5.32 Å². The second-order valence-corrected chi connectivity index (χ2v) is 9.62. The standard InChI is InChI=1S/C27H36ClN/c1-6-19(2)13-15-29-26-17-23(16-25(28)21(26)4)27(5)14-12-20(3)24(18-27)22-10-8-7-9-11-22/h7-11,13,16-17,20,24,29H,6,12,14-15,18H2,1-5H3/b19-13-. The summed E-state index contributed by atoms with van der Waals surface area (Å²) in [7, 11) is 0. The van der Waals surface area contributed by atoms with Gasteiger partial charge in [0.15, 0.2) is 0 Å². The first-order chi connectivity index (χ1) is 13.8. The van der Waals surface area contributed by atoms with Crippen molar-refractivity contribution in [3.63, 3.8) is 0 Å². The molecule has 0 spiro atoms. The van der Waals surface area contributed by atoms with Gasteiger partial charge in [-0.05, 0) is 85.6 Å². The smallest absolute Gasteiger partial charge is 0.0458 e. The van der Waals surface area contributed by atoms with E-state index in [0.29, 0.717) is 11.8 Å². The van der Waals surface area contributed by atoms with Crippen LogP contribution in [0.4, 0.5) is 5.69 Å². The van der Waals surface area contributed by atoms with Crippen LogP contribution in [0.3, 0.4) is 0 Å². The molecule has 2 heteroatoms. The summed E-state index contributed by atoms with van der Waals surface area (Å²) in [5.41, 5.74) is 6.73. The molecule has 29 heavy (non-hydrogen) atoms. The molecular weight excluding hydrogens is 374 g/mol. The molecule has 3 atom stereocenters. The van der Waals surface area contributed by atoms with Crippen LogP contribution in [0.25, 0.3) is 0 Å². The number of allylic oxidation sites excluding steroid dienone is 1. The predicted molar refractivity (Wildman–Crippen MR) is 128 cm³/mol. The van der Waals surface area contributed by atoms with Crippen LogP contribution in [0, 0.1) is 12.8 Å². The zero-order valence-corrected chi connectivity index (χ0v) is 19.4. The molecule has 1 aliphatic rings. The Labute approximate surface area is 182 Å². The van der Waals surface area contributed by atoms with Crippen molar-refractivity contribution in [2.45, 2.75) is 71.6 Å². The molecule has 2 aromatic rings. The van der Waals surface area contributed by atoms with Gasteiger partial charge in [-0.25, -0.2) is 0 Å². The Morgan fingerprint density at radius 1 is 1.24 bits per heavy atom. The zero-order chi connectivity index (χ0) is 21.0. The van der Waals surface area contributed by atoms with Crippen molar-refractivity contribution in [3.05, 3.63) is 75.8 Å². The molecule has 0 amide bonds. The fourth-order valence-electron chi connectivity index (χ4n) is 4.64. The Bertz CT molecular complexity index is 854. The Balaban J connectivity index is 1.88. The van der Waals surface area contributed by atoms with Gasteiger partial charge in [-0.15, -0.1) is 0 Å². The number of nitrogens with one attached hydrogen (secondary N) is 1. The maximum atomic E-state index is 6.70. The summed E-state index contributed by atoms with van der Waals surface area (Å²) >= 11 is 6.70. The van der Waals surface area contributed by atoms with Gasteiger partial charge in [-0.2, -0.15) is 0 Å². The summed E-state index contributed by atoms with van der Waals surface area (Å²) in [5.74, 6) is 1.31.